The van der Waals surface area contributed by atoms with E-state index in [0.29, 0.717) is 0 Å². The topological polar surface area (TPSA) is 67.9 Å². The summed E-state index contributed by atoms with van der Waals surface area (Å²) < 4.78 is 8.47. The Balaban J connectivity index is 2.82. The minimum Gasteiger partial charge on any atom is -0.636 e. The molecule has 0 aromatic rings. The highest BCUT2D eigenvalue weighted by Crippen LogP contribution is 2.58. The van der Waals surface area contributed by atoms with Crippen LogP contribution in [0.1, 0.15) is 27.7 Å². The van der Waals surface area contributed by atoms with E-state index in [2.05, 4.69) is 9.82 Å². The van der Waals surface area contributed by atoms with E-state index in [-0.39, 0.29) is 18.6 Å². The Morgan fingerprint density at radius 2 is 1.72 bits per heavy atom. The average Bonchev–Trinajstić information content (AvgIpc) is 2.64. The fourth-order valence-corrected chi connectivity index (χ4v) is 5.15. The van der Waals surface area contributed by atoms with Crippen molar-refractivity contribution >= 4 is 13.9 Å². The molecule has 6 nitrogen and oxygen atoms in total. The van der Waals surface area contributed by atoms with Crippen LogP contribution < -0.4 is 9.98 Å². The second-order valence-electron chi connectivity index (χ2n) is 4.97. The van der Waals surface area contributed by atoms with E-state index in [9.17, 15) is 9.69 Å². The van der Waals surface area contributed by atoms with E-state index < -0.39 is 13.9 Å². The van der Waals surface area contributed by atoms with Crippen LogP contribution in [0.15, 0.2) is 0 Å². The highest BCUT2D eigenvalue weighted by Gasteiger charge is 2.50. The van der Waals surface area contributed by atoms with Crippen LogP contribution in [0, 0.1) is 0 Å². The monoisotopic (exact) mass is 277 g/mol. The van der Waals surface area contributed by atoms with Gasteiger partial charge in [0.2, 0.25) is 0 Å². The molecule has 106 valence electrons. The Hall–Kier alpha value is -0.260. The van der Waals surface area contributed by atoms with Crippen LogP contribution in [0.2, 0.25) is 0 Å². The molecule has 1 aliphatic heterocycles. The summed E-state index contributed by atoms with van der Waals surface area (Å²) in [6, 6.07) is 0.342. The van der Waals surface area contributed by atoms with Crippen LogP contribution in [0.3, 0.4) is 0 Å². The summed E-state index contributed by atoms with van der Waals surface area (Å²) in [5.74, 6) is -0.399. The number of hydrogen-bond acceptors (Lipinski definition) is 6. The van der Waals surface area contributed by atoms with Gasteiger partial charge < -0.3 is 9.63 Å². The summed E-state index contributed by atoms with van der Waals surface area (Å²) in [6.45, 7) is 9.52. The molecule has 0 atom stereocenters. The molecule has 1 saturated heterocycles. The minimum atomic E-state index is -2.85. The van der Waals surface area contributed by atoms with E-state index >= 15 is 0 Å². The Labute approximate surface area is 110 Å². The van der Waals surface area contributed by atoms with Gasteiger partial charge in [0.15, 0.2) is 7.94 Å². The lowest BCUT2D eigenvalue weighted by Crippen LogP contribution is -2.47. The third-order valence-electron chi connectivity index (χ3n) is 3.10. The van der Waals surface area contributed by atoms with Gasteiger partial charge in [-0.05, 0) is 27.7 Å². The molecule has 1 N–H and O–H groups in total. The normalized spacial score (nSPS) is 20.9. The number of hydrogen-bond donors (Lipinski definition) is 1. The van der Waals surface area contributed by atoms with Crippen molar-refractivity contribution < 1.29 is 14.4 Å². The molecule has 0 saturated carbocycles. The molecular formula is C11H24N3O3P. The molecule has 0 spiro atoms. The van der Waals surface area contributed by atoms with Crippen molar-refractivity contribution in [2.45, 2.75) is 39.8 Å². The van der Waals surface area contributed by atoms with Crippen molar-refractivity contribution in [1.29, 1.82) is 0 Å². The van der Waals surface area contributed by atoms with Gasteiger partial charge in [-0.1, -0.05) is 0 Å². The summed E-state index contributed by atoms with van der Waals surface area (Å²) >= 11 is 0. The maximum absolute atomic E-state index is 13.1. The SMILES string of the molecule is COC(=O)CN[P+]1([O-])N(C(C)C)CCN1C(C)C. The molecule has 0 radical (unpaired) electrons. The molecular weight excluding hydrogens is 253 g/mol. The van der Waals surface area contributed by atoms with Gasteiger partial charge in [-0.15, -0.1) is 9.34 Å². The predicted octanol–water partition coefficient (Wildman–Crippen LogP) is 0.221. The average molecular weight is 277 g/mol. The second-order valence-corrected chi connectivity index (χ2v) is 7.40. The largest absolute Gasteiger partial charge is 0.636 e. The molecule has 0 aromatic heterocycles. The van der Waals surface area contributed by atoms with Gasteiger partial charge in [0.25, 0.3) is 0 Å². The number of carbonyl (C=O) groups is 1. The second kappa shape index (κ2) is 6.26. The first kappa shape index (κ1) is 15.8. The van der Waals surface area contributed by atoms with Crippen molar-refractivity contribution in [3.05, 3.63) is 0 Å². The van der Waals surface area contributed by atoms with E-state index in [0.717, 1.165) is 13.1 Å². The number of nitrogens with zero attached hydrogens (tertiary/aromatic N) is 2. The lowest BCUT2D eigenvalue weighted by molar-refractivity contribution is -0.196. The lowest BCUT2D eigenvalue weighted by Gasteiger charge is -2.41. The molecule has 1 heterocycles. The minimum absolute atomic E-state index is 0.0276. The van der Waals surface area contributed by atoms with Crippen molar-refractivity contribution in [2.24, 2.45) is 0 Å². The van der Waals surface area contributed by atoms with E-state index in [1.54, 1.807) is 0 Å². The zero-order valence-corrected chi connectivity index (χ0v) is 12.7. The fraction of sp³-hybridized carbons (Fsp3) is 0.909. The lowest BCUT2D eigenvalue weighted by atomic mass is 10.3. The van der Waals surface area contributed by atoms with Gasteiger partial charge in [0.05, 0.1) is 20.2 Å². The summed E-state index contributed by atoms with van der Waals surface area (Å²) in [7, 11) is -1.53. The zero-order valence-electron chi connectivity index (χ0n) is 11.8. The van der Waals surface area contributed by atoms with E-state index in [4.69, 9.17) is 0 Å². The number of esters is 1. The van der Waals surface area contributed by atoms with Crippen LogP contribution >= 0.6 is 7.94 Å². The first-order chi connectivity index (χ1) is 8.32. The molecule has 0 bridgehead atoms. The molecule has 18 heavy (non-hydrogen) atoms. The fourth-order valence-electron chi connectivity index (χ4n) is 2.19. The molecule has 0 aliphatic carbocycles. The number of ether oxygens (including phenoxy) is 1. The Morgan fingerprint density at radius 1 is 1.28 bits per heavy atom. The van der Waals surface area contributed by atoms with Gasteiger partial charge in [-0.3, -0.25) is 4.79 Å². The van der Waals surface area contributed by atoms with E-state index in [1.807, 2.05) is 37.0 Å². The summed E-state index contributed by atoms with van der Waals surface area (Å²) in [5.41, 5.74) is 0. The van der Waals surface area contributed by atoms with Crippen molar-refractivity contribution in [1.82, 2.24) is 14.4 Å². The maximum Gasteiger partial charge on any atom is 0.323 e. The number of rotatable bonds is 5. The van der Waals surface area contributed by atoms with E-state index in [1.165, 1.54) is 7.11 Å². The zero-order chi connectivity index (χ0) is 13.9. The summed E-state index contributed by atoms with van der Waals surface area (Å²) in [4.78, 5) is 24.3. The van der Waals surface area contributed by atoms with Crippen LogP contribution in [-0.2, 0) is 9.53 Å². The van der Waals surface area contributed by atoms with Gasteiger partial charge in [0, 0.05) is 12.1 Å². The Kier molecular flexibility index (Phi) is 5.49. The molecule has 1 fully saturated rings. The predicted molar refractivity (Wildman–Crippen MR) is 70.6 cm³/mol. The van der Waals surface area contributed by atoms with Crippen LogP contribution in [0.4, 0.5) is 0 Å². The third-order valence-corrected chi connectivity index (χ3v) is 6.39. The standard InChI is InChI=1S/C11H24N3O3P/c1-9(2)13-6-7-14(10(3)4)18(13,16)12-8-11(15)17-5/h9-10H,6-8H2,1-5H3,(H,12,16). The summed E-state index contributed by atoms with van der Waals surface area (Å²) in [5, 5.41) is 2.90. The van der Waals surface area contributed by atoms with Gasteiger partial charge >= 0.3 is 5.97 Å². The quantitative estimate of drug-likeness (QED) is 0.573. The third kappa shape index (κ3) is 3.19. The molecule has 0 aromatic carbocycles. The first-order valence-corrected chi connectivity index (χ1v) is 7.90. The summed E-state index contributed by atoms with van der Waals surface area (Å²) in [6.07, 6.45) is 0. The number of carbonyl (C=O) groups excluding carboxylic acids is 1. The highest BCUT2D eigenvalue weighted by atomic mass is 31.2. The van der Waals surface area contributed by atoms with Crippen molar-refractivity contribution in [2.75, 3.05) is 26.7 Å². The highest BCUT2D eigenvalue weighted by molar-refractivity contribution is 7.62. The number of nitrogens with one attached hydrogen (secondary N) is 1. The number of methoxy groups -OCH3 is 1. The maximum atomic E-state index is 13.1. The van der Waals surface area contributed by atoms with Gasteiger partial charge in [-0.2, -0.15) is 5.09 Å². The van der Waals surface area contributed by atoms with Crippen molar-refractivity contribution in [3.63, 3.8) is 0 Å². The Morgan fingerprint density at radius 3 is 2.06 bits per heavy atom. The Bertz CT molecular complexity index is 283. The smallest absolute Gasteiger partial charge is 0.323 e. The van der Waals surface area contributed by atoms with Crippen molar-refractivity contribution in [3.8, 4) is 0 Å². The molecule has 1 rings (SSSR count). The van der Waals surface area contributed by atoms with Crippen LogP contribution in [0.5, 0.6) is 0 Å². The molecule has 0 unspecified atom stereocenters. The van der Waals surface area contributed by atoms with Gasteiger partial charge in [-0.25, -0.2) is 0 Å². The first-order valence-electron chi connectivity index (χ1n) is 6.29. The molecule has 1 aliphatic rings. The van der Waals surface area contributed by atoms with Crippen LogP contribution in [0.25, 0.3) is 0 Å². The molecule has 7 heteroatoms. The van der Waals surface area contributed by atoms with Crippen LogP contribution in [-0.4, -0.2) is 54.1 Å². The molecule has 0 amide bonds. The van der Waals surface area contributed by atoms with Gasteiger partial charge in [0.1, 0.15) is 6.54 Å².